The summed E-state index contributed by atoms with van der Waals surface area (Å²) in [5, 5.41) is 12.9. The van der Waals surface area contributed by atoms with Crippen molar-refractivity contribution in [3.63, 3.8) is 0 Å². The van der Waals surface area contributed by atoms with Crippen LogP contribution in [0.2, 0.25) is 0 Å². The van der Waals surface area contributed by atoms with E-state index in [-0.39, 0.29) is 6.10 Å². The Morgan fingerprint density at radius 2 is 2.33 bits per heavy atom. The van der Waals surface area contributed by atoms with Gasteiger partial charge in [0.2, 0.25) is 0 Å². The van der Waals surface area contributed by atoms with Crippen molar-refractivity contribution in [1.29, 1.82) is 0 Å². The molecule has 3 nitrogen and oxygen atoms in total. The van der Waals surface area contributed by atoms with Gasteiger partial charge in [-0.3, -0.25) is 0 Å². The van der Waals surface area contributed by atoms with Crippen LogP contribution in [0.3, 0.4) is 0 Å². The van der Waals surface area contributed by atoms with E-state index in [4.69, 9.17) is 4.74 Å². The molecule has 2 atom stereocenters. The third kappa shape index (κ3) is 2.85. The molecule has 0 saturated carbocycles. The highest BCUT2D eigenvalue weighted by atomic mass is 16.5. The van der Waals surface area contributed by atoms with Gasteiger partial charge in [-0.15, -0.1) is 0 Å². The van der Waals surface area contributed by atoms with Crippen molar-refractivity contribution in [3.8, 4) is 5.75 Å². The Labute approximate surface area is 109 Å². The van der Waals surface area contributed by atoms with Gasteiger partial charge in [0, 0.05) is 6.04 Å². The molecule has 0 aromatic heterocycles. The average Bonchev–Trinajstić information content (AvgIpc) is 2.43. The predicted octanol–water partition coefficient (Wildman–Crippen LogP) is 2.43. The zero-order chi connectivity index (χ0) is 13.0. The van der Waals surface area contributed by atoms with Crippen LogP contribution in [0, 0.1) is 0 Å². The van der Waals surface area contributed by atoms with Crippen LogP contribution in [0.25, 0.3) is 0 Å². The van der Waals surface area contributed by atoms with Gasteiger partial charge in [-0.05, 0) is 49.9 Å². The number of nitrogens with one attached hydrogen (secondary N) is 1. The zero-order valence-corrected chi connectivity index (χ0v) is 11.3. The van der Waals surface area contributed by atoms with Gasteiger partial charge >= 0.3 is 0 Å². The molecule has 18 heavy (non-hydrogen) atoms. The standard InChI is InChI=1S/C15H23NO2/c1-3-11(17)10-18-15-9-5-6-12-13(15)7-4-8-14(12)16-2/h5-6,9,11,14,16-17H,3-4,7-8,10H2,1-2H3. The summed E-state index contributed by atoms with van der Waals surface area (Å²) in [6.07, 6.45) is 3.81. The average molecular weight is 249 g/mol. The Balaban J connectivity index is 2.16. The summed E-state index contributed by atoms with van der Waals surface area (Å²) in [7, 11) is 2.01. The van der Waals surface area contributed by atoms with E-state index in [1.165, 1.54) is 24.0 Å². The lowest BCUT2D eigenvalue weighted by molar-refractivity contribution is 0.103. The molecule has 0 saturated heterocycles. The van der Waals surface area contributed by atoms with E-state index in [9.17, 15) is 5.11 Å². The highest BCUT2D eigenvalue weighted by molar-refractivity contribution is 5.43. The van der Waals surface area contributed by atoms with E-state index in [2.05, 4.69) is 11.4 Å². The second-order valence-corrected chi connectivity index (χ2v) is 4.93. The minimum absolute atomic E-state index is 0.371. The van der Waals surface area contributed by atoms with Gasteiger partial charge in [-0.1, -0.05) is 19.1 Å². The van der Waals surface area contributed by atoms with Crippen LogP contribution in [-0.2, 0) is 6.42 Å². The molecule has 0 radical (unpaired) electrons. The number of ether oxygens (including phenoxy) is 1. The second-order valence-electron chi connectivity index (χ2n) is 4.93. The minimum Gasteiger partial charge on any atom is -0.491 e. The maximum absolute atomic E-state index is 9.58. The summed E-state index contributed by atoms with van der Waals surface area (Å²) in [6.45, 7) is 2.35. The van der Waals surface area contributed by atoms with Gasteiger partial charge in [0.15, 0.2) is 0 Å². The van der Waals surface area contributed by atoms with Crippen molar-refractivity contribution in [2.45, 2.75) is 44.8 Å². The molecule has 0 spiro atoms. The smallest absolute Gasteiger partial charge is 0.122 e. The van der Waals surface area contributed by atoms with Crippen molar-refractivity contribution in [3.05, 3.63) is 29.3 Å². The van der Waals surface area contributed by atoms with E-state index in [0.717, 1.165) is 18.6 Å². The van der Waals surface area contributed by atoms with Gasteiger partial charge < -0.3 is 15.2 Å². The number of hydrogen-bond acceptors (Lipinski definition) is 3. The maximum atomic E-state index is 9.58. The van der Waals surface area contributed by atoms with Gasteiger partial charge in [0.05, 0.1) is 6.10 Å². The summed E-state index contributed by atoms with van der Waals surface area (Å²) in [6, 6.07) is 6.67. The third-order valence-corrected chi connectivity index (χ3v) is 3.72. The zero-order valence-electron chi connectivity index (χ0n) is 11.3. The Hall–Kier alpha value is -1.06. The highest BCUT2D eigenvalue weighted by Gasteiger charge is 2.21. The molecule has 2 N–H and O–H groups in total. The highest BCUT2D eigenvalue weighted by Crippen LogP contribution is 2.35. The van der Waals surface area contributed by atoms with Crippen molar-refractivity contribution in [2.24, 2.45) is 0 Å². The first-order chi connectivity index (χ1) is 8.76. The molecule has 0 fully saturated rings. The lowest BCUT2D eigenvalue weighted by atomic mass is 9.87. The molecule has 2 rings (SSSR count). The number of hydrogen-bond donors (Lipinski definition) is 2. The largest absolute Gasteiger partial charge is 0.491 e. The number of aliphatic hydroxyl groups excluding tert-OH is 1. The lowest BCUT2D eigenvalue weighted by Crippen LogP contribution is -2.23. The normalized spacial score (nSPS) is 20.3. The molecule has 100 valence electrons. The summed E-state index contributed by atoms with van der Waals surface area (Å²) in [5.41, 5.74) is 2.67. The summed E-state index contributed by atoms with van der Waals surface area (Å²) in [5.74, 6) is 0.944. The van der Waals surface area contributed by atoms with Crippen LogP contribution < -0.4 is 10.1 Å². The quantitative estimate of drug-likeness (QED) is 0.842. The van der Waals surface area contributed by atoms with Crippen molar-refractivity contribution in [2.75, 3.05) is 13.7 Å². The molecular formula is C15H23NO2. The topological polar surface area (TPSA) is 41.5 Å². The van der Waals surface area contributed by atoms with Crippen LogP contribution in [-0.4, -0.2) is 24.9 Å². The van der Waals surface area contributed by atoms with E-state index in [1.54, 1.807) is 0 Å². The third-order valence-electron chi connectivity index (χ3n) is 3.72. The molecule has 0 amide bonds. The second kappa shape index (κ2) is 6.21. The summed E-state index contributed by atoms with van der Waals surface area (Å²) in [4.78, 5) is 0. The Morgan fingerprint density at radius 3 is 3.06 bits per heavy atom. The fourth-order valence-corrected chi connectivity index (χ4v) is 2.55. The minimum atomic E-state index is -0.371. The Kier molecular flexibility index (Phi) is 4.61. The summed E-state index contributed by atoms with van der Waals surface area (Å²) < 4.78 is 5.77. The first-order valence-corrected chi connectivity index (χ1v) is 6.86. The van der Waals surface area contributed by atoms with E-state index >= 15 is 0 Å². The van der Waals surface area contributed by atoms with Crippen molar-refractivity contribution < 1.29 is 9.84 Å². The monoisotopic (exact) mass is 249 g/mol. The number of aliphatic hydroxyl groups is 1. The van der Waals surface area contributed by atoms with Crippen molar-refractivity contribution >= 4 is 0 Å². The molecule has 1 aliphatic rings. The van der Waals surface area contributed by atoms with Crippen LogP contribution in [0.4, 0.5) is 0 Å². The lowest BCUT2D eigenvalue weighted by Gasteiger charge is -2.27. The number of benzene rings is 1. The van der Waals surface area contributed by atoms with Gasteiger partial charge in [0.25, 0.3) is 0 Å². The predicted molar refractivity (Wildman–Crippen MR) is 73.0 cm³/mol. The molecule has 0 bridgehead atoms. The van der Waals surface area contributed by atoms with E-state index in [0.29, 0.717) is 12.6 Å². The Morgan fingerprint density at radius 1 is 1.50 bits per heavy atom. The van der Waals surface area contributed by atoms with Crippen LogP contribution in [0.5, 0.6) is 5.75 Å². The van der Waals surface area contributed by atoms with Crippen LogP contribution in [0.15, 0.2) is 18.2 Å². The fraction of sp³-hybridized carbons (Fsp3) is 0.600. The molecule has 0 aliphatic heterocycles. The summed E-state index contributed by atoms with van der Waals surface area (Å²) >= 11 is 0. The first kappa shape index (κ1) is 13.4. The SMILES string of the molecule is CCC(O)COc1cccc2c1CCCC2NC. The van der Waals surface area contributed by atoms with Gasteiger partial charge in [-0.2, -0.15) is 0 Å². The van der Waals surface area contributed by atoms with Crippen molar-refractivity contribution in [1.82, 2.24) is 5.32 Å². The molecule has 0 heterocycles. The molecule has 1 aromatic rings. The Bertz CT molecular complexity index is 392. The molecule has 3 heteroatoms. The van der Waals surface area contributed by atoms with E-state index in [1.807, 2.05) is 26.1 Å². The van der Waals surface area contributed by atoms with Crippen LogP contribution in [0.1, 0.15) is 43.4 Å². The number of rotatable bonds is 5. The first-order valence-electron chi connectivity index (χ1n) is 6.86. The maximum Gasteiger partial charge on any atom is 0.122 e. The molecule has 1 aliphatic carbocycles. The molecular weight excluding hydrogens is 226 g/mol. The van der Waals surface area contributed by atoms with Crippen LogP contribution >= 0.6 is 0 Å². The molecule has 1 aromatic carbocycles. The molecule has 2 unspecified atom stereocenters. The van der Waals surface area contributed by atoms with E-state index < -0.39 is 0 Å². The fourth-order valence-electron chi connectivity index (χ4n) is 2.55. The van der Waals surface area contributed by atoms with Gasteiger partial charge in [-0.25, -0.2) is 0 Å². The number of fused-ring (bicyclic) bond motifs is 1. The van der Waals surface area contributed by atoms with Gasteiger partial charge in [0.1, 0.15) is 12.4 Å².